The fourth-order valence-electron chi connectivity index (χ4n) is 1.88. The quantitative estimate of drug-likeness (QED) is 0.773. The first-order valence-corrected chi connectivity index (χ1v) is 6.36. The molecule has 1 aliphatic rings. The second-order valence-electron chi connectivity index (χ2n) is 4.92. The Labute approximate surface area is 113 Å². The van der Waals surface area contributed by atoms with E-state index in [9.17, 15) is 4.79 Å². The predicted molar refractivity (Wildman–Crippen MR) is 74.6 cm³/mol. The molecule has 0 radical (unpaired) electrons. The van der Waals surface area contributed by atoms with Crippen LogP contribution in [0.1, 0.15) is 18.4 Å². The van der Waals surface area contributed by atoms with Crippen LogP contribution in [0.25, 0.3) is 0 Å². The number of nitrogens with two attached hydrogens (primary N) is 1. The number of nitrogens with zero attached hydrogens (tertiary/aromatic N) is 2. The Morgan fingerprint density at radius 3 is 2.95 bits per heavy atom. The summed E-state index contributed by atoms with van der Waals surface area (Å²) in [5.74, 6) is 0.0312. The standard InChI is InChI=1S/C14H18N4O/c1-18(9-14(19)17-11-2-3-11)12-4-5-13(16)10(8-12)6-7-15/h4-5,8,11H,2-3,6,9,16H2,1H3,(H,17,19). The van der Waals surface area contributed by atoms with E-state index in [0.29, 0.717) is 18.3 Å². The molecule has 5 heteroatoms. The number of nitrogens with one attached hydrogen (secondary N) is 1. The van der Waals surface area contributed by atoms with Crippen molar-refractivity contribution in [3.05, 3.63) is 23.8 Å². The molecule has 19 heavy (non-hydrogen) atoms. The molecule has 1 aromatic rings. The molecule has 1 aromatic carbocycles. The predicted octanol–water partition coefficient (Wildman–Crippen LogP) is 1.05. The first kappa shape index (κ1) is 13.2. The number of amides is 1. The summed E-state index contributed by atoms with van der Waals surface area (Å²) in [4.78, 5) is 13.6. The van der Waals surface area contributed by atoms with E-state index in [1.807, 2.05) is 24.1 Å². The molecule has 0 aliphatic heterocycles. The third-order valence-corrected chi connectivity index (χ3v) is 3.16. The number of carbonyl (C=O) groups excluding carboxylic acids is 1. The number of carbonyl (C=O) groups is 1. The largest absolute Gasteiger partial charge is 0.398 e. The van der Waals surface area contributed by atoms with Crippen LogP contribution in [0.5, 0.6) is 0 Å². The van der Waals surface area contributed by atoms with E-state index >= 15 is 0 Å². The Morgan fingerprint density at radius 2 is 2.32 bits per heavy atom. The van der Waals surface area contributed by atoms with Gasteiger partial charge in [0, 0.05) is 24.5 Å². The van der Waals surface area contributed by atoms with Crippen molar-refractivity contribution in [3.8, 4) is 6.07 Å². The fourth-order valence-corrected chi connectivity index (χ4v) is 1.88. The van der Waals surface area contributed by atoms with E-state index in [2.05, 4.69) is 11.4 Å². The Bertz CT molecular complexity index is 517. The minimum absolute atomic E-state index is 0.0312. The Hall–Kier alpha value is -2.22. The highest BCUT2D eigenvalue weighted by Gasteiger charge is 2.23. The number of hydrogen-bond acceptors (Lipinski definition) is 4. The summed E-state index contributed by atoms with van der Waals surface area (Å²) >= 11 is 0. The van der Waals surface area contributed by atoms with Crippen LogP contribution in [-0.4, -0.2) is 25.5 Å². The van der Waals surface area contributed by atoms with Crippen LogP contribution in [0.4, 0.5) is 11.4 Å². The van der Waals surface area contributed by atoms with Crippen molar-refractivity contribution in [2.75, 3.05) is 24.2 Å². The van der Waals surface area contributed by atoms with E-state index < -0.39 is 0 Å². The van der Waals surface area contributed by atoms with Crippen molar-refractivity contribution in [1.82, 2.24) is 5.32 Å². The van der Waals surface area contributed by atoms with E-state index in [1.54, 1.807) is 6.07 Å². The number of likely N-dealkylation sites (N-methyl/N-ethyl adjacent to an activating group) is 1. The van der Waals surface area contributed by atoms with Gasteiger partial charge in [-0.05, 0) is 36.6 Å². The molecule has 1 amide bonds. The van der Waals surface area contributed by atoms with Gasteiger partial charge in [0.05, 0.1) is 19.0 Å². The number of nitriles is 1. The number of nitrogen functional groups attached to an aromatic ring is 1. The summed E-state index contributed by atoms with van der Waals surface area (Å²) in [7, 11) is 1.86. The summed E-state index contributed by atoms with van der Waals surface area (Å²) in [5, 5.41) is 11.7. The molecule has 5 nitrogen and oxygen atoms in total. The zero-order valence-corrected chi connectivity index (χ0v) is 11.0. The maximum Gasteiger partial charge on any atom is 0.239 e. The maximum atomic E-state index is 11.7. The minimum atomic E-state index is 0.0312. The molecule has 3 N–H and O–H groups in total. The maximum absolute atomic E-state index is 11.7. The molecule has 100 valence electrons. The van der Waals surface area contributed by atoms with E-state index in [0.717, 1.165) is 24.1 Å². The average Bonchev–Trinajstić information content (AvgIpc) is 3.15. The smallest absolute Gasteiger partial charge is 0.239 e. The lowest BCUT2D eigenvalue weighted by molar-refractivity contribution is -0.119. The molecular weight excluding hydrogens is 240 g/mol. The van der Waals surface area contributed by atoms with Gasteiger partial charge in [-0.1, -0.05) is 0 Å². The highest BCUT2D eigenvalue weighted by molar-refractivity contribution is 5.82. The third kappa shape index (κ3) is 3.62. The molecule has 0 unspecified atom stereocenters. The highest BCUT2D eigenvalue weighted by atomic mass is 16.2. The number of benzene rings is 1. The monoisotopic (exact) mass is 258 g/mol. The summed E-state index contributed by atoms with van der Waals surface area (Å²) in [5.41, 5.74) is 8.11. The summed E-state index contributed by atoms with van der Waals surface area (Å²) in [6, 6.07) is 7.97. The molecule has 0 atom stereocenters. The minimum Gasteiger partial charge on any atom is -0.398 e. The second-order valence-corrected chi connectivity index (χ2v) is 4.92. The van der Waals surface area contributed by atoms with Gasteiger partial charge in [-0.15, -0.1) is 0 Å². The van der Waals surface area contributed by atoms with Gasteiger partial charge in [-0.25, -0.2) is 0 Å². The Balaban J connectivity index is 2.01. The van der Waals surface area contributed by atoms with Crippen molar-refractivity contribution in [1.29, 1.82) is 5.26 Å². The van der Waals surface area contributed by atoms with Crippen molar-refractivity contribution in [3.63, 3.8) is 0 Å². The van der Waals surface area contributed by atoms with Crippen LogP contribution in [0, 0.1) is 11.3 Å². The van der Waals surface area contributed by atoms with Gasteiger partial charge in [0.25, 0.3) is 0 Å². The summed E-state index contributed by atoms with van der Waals surface area (Å²) in [6.07, 6.45) is 2.45. The van der Waals surface area contributed by atoms with Crippen LogP contribution in [0.15, 0.2) is 18.2 Å². The zero-order chi connectivity index (χ0) is 13.8. The molecule has 1 aliphatic carbocycles. The highest BCUT2D eigenvalue weighted by Crippen LogP contribution is 2.21. The normalized spacial score (nSPS) is 13.7. The number of rotatable bonds is 5. The molecule has 0 heterocycles. The molecule has 0 spiro atoms. The number of anilines is 2. The van der Waals surface area contributed by atoms with Gasteiger partial charge in [0.15, 0.2) is 0 Å². The zero-order valence-electron chi connectivity index (χ0n) is 11.0. The van der Waals surface area contributed by atoms with Crippen LogP contribution in [-0.2, 0) is 11.2 Å². The molecule has 1 saturated carbocycles. The Morgan fingerprint density at radius 1 is 1.58 bits per heavy atom. The molecule has 0 aromatic heterocycles. The number of hydrogen-bond donors (Lipinski definition) is 2. The SMILES string of the molecule is CN(CC(=O)NC1CC1)c1ccc(N)c(CC#N)c1. The molecule has 0 saturated heterocycles. The van der Waals surface area contributed by atoms with Crippen molar-refractivity contribution < 1.29 is 4.79 Å². The van der Waals surface area contributed by atoms with Crippen LogP contribution in [0.3, 0.4) is 0 Å². The topological polar surface area (TPSA) is 82.2 Å². The van der Waals surface area contributed by atoms with Crippen LogP contribution < -0.4 is 16.0 Å². The van der Waals surface area contributed by atoms with Gasteiger partial charge >= 0.3 is 0 Å². The lowest BCUT2D eigenvalue weighted by atomic mass is 10.1. The Kier molecular flexibility index (Phi) is 3.91. The fraction of sp³-hybridized carbons (Fsp3) is 0.429. The van der Waals surface area contributed by atoms with Gasteiger partial charge < -0.3 is 16.0 Å². The van der Waals surface area contributed by atoms with Gasteiger partial charge in [0.1, 0.15) is 0 Å². The van der Waals surface area contributed by atoms with E-state index in [1.165, 1.54) is 0 Å². The molecule has 2 rings (SSSR count). The first-order valence-electron chi connectivity index (χ1n) is 6.36. The first-order chi connectivity index (χ1) is 9.10. The van der Waals surface area contributed by atoms with Crippen LogP contribution in [0.2, 0.25) is 0 Å². The molecule has 1 fully saturated rings. The lowest BCUT2D eigenvalue weighted by Crippen LogP contribution is -2.36. The van der Waals surface area contributed by atoms with Crippen LogP contribution >= 0.6 is 0 Å². The second kappa shape index (κ2) is 5.61. The van der Waals surface area contributed by atoms with Gasteiger partial charge in [0.2, 0.25) is 5.91 Å². The summed E-state index contributed by atoms with van der Waals surface area (Å²) < 4.78 is 0. The average molecular weight is 258 g/mol. The lowest BCUT2D eigenvalue weighted by Gasteiger charge is -2.20. The van der Waals surface area contributed by atoms with E-state index in [-0.39, 0.29) is 12.3 Å². The van der Waals surface area contributed by atoms with Crippen molar-refractivity contribution in [2.45, 2.75) is 25.3 Å². The molecular formula is C14H18N4O. The van der Waals surface area contributed by atoms with Gasteiger partial charge in [-0.2, -0.15) is 5.26 Å². The third-order valence-electron chi connectivity index (χ3n) is 3.16. The van der Waals surface area contributed by atoms with Crippen molar-refractivity contribution in [2.24, 2.45) is 0 Å². The van der Waals surface area contributed by atoms with E-state index in [4.69, 9.17) is 11.0 Å². The summed E-state index contributed by atoms with van der Waals surface area (Å²) in [6.45, 7) is 0.312. The van der Waals surface area contributed by atoms with Crippen molar-refractivity contribution >= 4 is 17.3 Å². The van der Waals surface area contributed by atoms with Gasteiger partial charge in [-0.3, -0.25) is 4.79 Å². The molecule has 0 bridgehead atoms.